The van der Waals surface area contributed by atoms with E-state index in [9.17, 15) is 24.0 Å². The fourth-order valence-electron chi connectivity index (χ4n) is 17.2. The Hall–Kier alpha value is -8.86. The molecule has 9 aliphatic rings. The van der Waals surface area contributed by atoms with E-state index in [2.05, 4.69) is 73.9 Å². The average Bonchev–Trinajstić information content (AvgIpc) is 4.41. The summed E-state index contributed by atoms with van der Waals surface area (Å²) in [6, 6.07) is 44.6. The molecule has 5 N–H and O–H groups in total. The predicted octanol–water partition coefficient (Wildman–Crippen LogP) is 6.47. The number of carbonyl (C=O) groups is 6. The van der Waals surface area contributed by atoms with Crippen LogP contribution >= 0.6 is 0 Å². The first-order valence-corrected chi connectivity index (χ1v) is 27.6. The average molecular weight is 1070 g/mol. The maximum atomic E-state index is 16.2. The Kier molecular flexibility index (Phi) is 9.88. The minimum atomic E-state index is -1.60. The molecular formula is C63H60N10O7. The van der Waals surface area contributed by atoms with E-state index >= 15 is 4.79 Å². The number of likely N-dealkylation sites (N-methyl/N-ethyl adjacent to an activating group) is 3. The molecule has 0 aromatic heterocycles. The van der Waals surface area contributed by atoms with Crippen molar-refractivity contribution in [3.8, 4) is 0 Å². The van der Waals surface area contributed by atoms with Crippen molar-refractivity contribution in [3.63, 3.8) is 0 Å². The van der Waals surface area contributed by atoms with Crippen molar-refractivity contribution in [3.05, 3.63) is 184 Å². The van der Waals surface area contributed by atoms with Gasteiger partial charge >= 0.3 is 6.09 Å². The van der Waals surface area contributed by atoms with E-state index in [0.29, 0.717) is 29.8 Å². The number of nitrogens with zero attached hydrogens (tertiary/aromatic N) is 5. The van der Waals surface area contributed by atoms with Gasteiger partial charge < -0.3 is 50.9 Å². The lowest BCUT2D eigenvalue weighted by Gasteiger charge is -2.47. The zero-order valence-corrected chi connectivity index (χ0v) is 45.1. The van der Waals surface area contributed by atoms with Gasteiger partial charge in [-0.05, 0) is 68.6 Å². The van der Waals surface area contributed by atoms with Crippen LogP contribution in [0, 0.1) is 0 Å². The number of carbonyl (C=O) groups excluding carboxylic acids is 6. The fraction of sp³-hybridized carbons (Fsp3) is 0.333. The number of fused-ring (bicyclic) bond motifs is 13. The number of rotatable bonds is 8. The SMILES string of the molecule is CNC(=O)C[C@]1([C@]23CCN(C(=O)OC)[C@H]2N(Cc2ccccc2)c2ccccc23)C(=O)Nc2c([C@]34CC(=O)N(C)[C@H]3Nc3c([C@]56CC(=O)N(C)[C@H]5Nc5c6cccc5[C@]56CC(=O)N(C)[C@H]5Nc5ccccc56)cccc34)cccc21. The highest BCUT2D eigenvalue weighted by molar-refractivity contribution is 6.12. The fourth-order valence-corrected chi connectivity index (χ4v) is 17.2. The third-order valence-electron chi connectivity index (χ3n) is 20.5. The van der Waals surface area contributed by atoms with Gasteiger partial charge in [0.25, 0.3) is 0 Å². The zero-order valence-electron chi connectivity index (χ0n) is 45.1. The van der Waals surface area contributed by atoms with E-state index in [0.717, 1.165) is 61.7 Å². The van der Waals surface area contributed by atoms with E-state index in [4.69, 9.17) is 4.74 Å². The molecule has 0 spiro atoms. The van der Waals surface area contributed by atoms with Gasteiger partial charge in [-0.2, -0.15) is 0 Å². The molecule has 9 heterocycles. The summed E-state index contributed by atoms with van der Waals surface area (Å²) in [6.07, 6.45) is -2.24. The predicted molar refractivity (Wildman–Crippen MR) is 300 cm³/mol. The third-order valence-corrected chi connectivity index (χ3v) is 20.5. The number of hydrogen-bond acceptors (Lipinski definition) is 11. The first-order chi connectivity index (χ1) is 38.7. The molecule has 0 saturated carbocycles. The van der Waals surface area contributed by atoms with Gasteiger partial charge in [0.1, 0.15) is 24.7 Å². The Morgan fingerprint density at radius 1 is 0.575 bits per heavy atom. The van der Waals surface area contributed by atoms with E-state index in [1.54, 1.807) is 28.8 Å². The lowest BCUT2D eigenvalue weighted by atomic mass is 9.54. The van der Waals surface area contributed by atoms with Crippen LogP contribution in [-0.2, 0) is 62.3 Å². The molecule has 0 bridgehead atoms. The minimum Gasteiger partial charge on any atom is -0.453 e. The summed E-state index contributed by atoms with van der Waals surface area (Å²) in [7, 11) is 8.45. The Morgan fingerprint density at radius 2 is 1.05 bits per heavy atom. The van der Waals surface area contributed by atoms with Crippen molar-refractivity contribution >= 4 is 64.1 Å². The first-order valence-electron chi connectivity index (χ1n) is 27.6. The maximum Gasteiger partial charge on any atom is 0.411 e. The molecule has 17 heteroatoms. The Labute approximate surface area is 462 Å². The van der Waals surface area contributed by atoms with Gasteiger partial charge in [0.2, 0.25) is 29.5 Å². The van der Waals surface area contributed by atoms with E-state index in [-0.39, 0.29) is 67.9 Å². The topological polar surface area (TPSA) is 188 Å². The zero-order chi connectivity index (χ0) is 55.0. The molecular weight excluding hydrogens is 1010 g/mol. The second-order valence-corrected chi connectivity index (χ2v) is 23.4. The van der Waals surface area contributed by atoms with Crippen LogP contribution in [0.25, 0.3) is 0 Å². The molecule has 0 aliphatic carbocycles. The van der Waals surface area contributed by atoms with Crippen molar-refractivity contribution in [2.24, 2.45) is 0 Å². The Morgan fingerprint density at radius 3 is 1.61 bits per heavy atom. The summed E-state index contributed by atoms with van der Waals surface area (Å²) in [4.78, 5) is 97.1. The van der Waals surface area contributed by atoms with Crippen LogP contribution in [0.3, 0.4) is 0 Å². The number of nitrogens with one attached hydrogen (secondary N) is 5. The van der Waals surface area contributed by atoms with Crippen LogP contribution in [-0.4, -0.2) is 122 Å². The van der Waals surface area contributed by atoms with Gasteiger partial charge in [-0.15, -0.1) is 0 Å². The monoisotopic (exact) mass is 1070 g/mol. The van der Waals surface area contributed by atoms with Crippen molar-refractivity contribution in [2.75, 3.05) is 68.0 Å². The largest absolute Gasteiger partial charge is 0.453 e. The molecule has 80 heavy (non-hydrogen) atoms. The quantitative estimate of drug-likeness (QED) is 0.113. The van der Waals surface area contributed by atoms with E-state index < -0.39 is 51.7 Å². The van der Waals surface area contributed by atoms with Crippen LogP contribution in [0.2, 0.25) is 0 Å². The number of methoxy groups -OCH3 is 1. The van der Waals surface area contributed by atoms with Gasteiger partial charge in [-0.25, -0.2) is 4.79 Å². The van der Waals surface area contributed by atoms with Gasteiger partial charge in [0.15, 0.2) is 0 Å². The number of benzene rings is 6. The number of likely N-dealkylation sites (tertiary alicyclic amines) is 4. The van der Waals surface area contributed by atoms with Gasteiger partial charge in [0, 0.05) is 95.4 Å². The maximum absolute atomic E-state index is 16.2. The highest BCUT2D eigenvalue weighted by Crippen LogP contribution is 2.68. The van der Waals surface area contributed by atoms with Crippen molar-refractivity contribution in [1.82, 2.24) is 24.9 Å². The Bertz CT molecular complexity index is 3780. The minimum absolute atomic E-state index is 0.0294. The summed E-state index contributed by atoms with van der Waals surface area (Å²) in [6.45, 7) is 0.655. The second kappa shape index (κ2) is 16.4. The molecule has 404 valence electrons. The first kappa shape index (κ1) is 48.3. The summed E-state index contributed by atoms with van der Waals surface area (Å²) < 4.78 is 5.53. The molecule has 4 saturated heterocycles. The highest BCUT2D eigenvalue weighted by Gasteiger charge is 2.74. The molecule has 4 fully saturated rings. The van der Waals surface area contributed by atoms with Crippen LogP contribution in [0.5, 0.6) is 0 Å². The molecule has 6 amide bonds. The van der Waals surface area contributed by atoms with Crippen LogP contribution < -0.4 is 31.5 Å². The summed E-state index contributed by atoms with van der Waals surface area (Å²) >= 11 is 0. The molecule has 15 rings (SSSR count). The highest BCUT2D eigenvalue weighted by atomic mass is 16.5. The standard InChI is InChI=1S/C63H60N10O7/c1-64-46(74)30-63(62-28-29-72(58(79)80-5)57(62)73(34-35-16-7-6-8-17-35)45-27-12-10-19-37(45)62)43-25-15-24-42(52(43)68-56(63)78)61-33-49(77)71(4)55(61)67-51-40(22-14-23-41(51)61)60-32-48(76)70(3)54(60)66-50-38(20-13-21-39(50)60)59-31-47(75)69(2)53(59)65-44-26-11-9-18-36(44)59/h6-27,53-55,57,65-67H,28-34H2,1-5H3,(H,64,74)(H,68,78)/t53-,54-,55-,57+,59-,60-,61-,62+,63-/m1/s1. The summed E-state index contributed by atoms with van der Waals surface area (Å²) in [5.74, 6) is -0.814. The lowest BCUT2D eigenvalue weighted by molar-refractivity contribution is -0.131. The second-order valence-electron chi connectivity index (χ2n) is 23.4. The van der Waals surface area contributed by atoms with Crippen LogP contribution in [0.4, 0.5) is 33.2 Å². The molecule has 17 nitrogen and oxygen atoms in total. The molecule has 0 radical (unpaired) electrons. The van der Waals surface area contributed by atoms with E-state index in [1.807, 2.05) is 110 Å². The molecule has 9 atom stereocenters. The molecule has 6 aromatic rings. The number of anilines is 5. The van der Waals surface area contributed by atoms with Gasteiger partial charge in [-0.3, -0.25) is 28.9 Å². The number of para-hydroxylation sites is 5. The number of ether oxygens (including phenoxy) is 1. The third kappa shape index (κ3) is 5.57. The van der Waals surface area contributed by atoms with Crippen molar-refractivity contribution in [1.29, 1.82) is 0 Å². The normalized spacial score (nSPS) is 30.4. The summed E-state index contributed by atoms with van der Waals surface area (Å²) in [5, 5.41) is 17.8. The van der Waals surface area contributed by atoms with E-state index in [1.165, 1.54) is 7.11 Å². The molecule has 9 aliphatic heterocycles. The van der Waals surface area contributed by atoms with Crippen molar-refractivity contribution in [2.45, 2.75) is 90.4 Å². The van der Waals surface area contributed by atoms with Gasteiger partial charge in [0.05, 0.1) is 34.2 Å². The molecule has 0 unspecified atom stereocenters. The van der Waals surface area contributed by atoms with Crippen LogP contribution in [0.1, 0.15) is 82.2 Å². The van der Waals surface area contributed by atoms with Gasteiger partial charge in [-0.1, -0.05) is 121 Å². The number of amides is 6. The summed E-state index contributed by atoms with van der Waals surface area (Å²) in [5.41, 5.74) is 6.34. The Balaban J connectivity index is 0.930. The number of hydrogen-bond donors (Lipinski definition) is 5. The smallest absolute Gasteiger partial charge is 0.411 e. The lowest BCUT2D eigenvalue weighted by Crippen LogP contribution is -2.62. The molecule has 6 aromatic carbocycles. The van der Waals surface area contributed by atoms with Crippen LogP contribution in [0.15, 0.2) is 133 Å². The van der Waals surface area contributed by atoms with Crippen molar-refractivity contribution < 1.29 is 33.5 Å².